The average Bonchev–Trinajstić information content (AvgIpc) is 3.66. The van der Waals surface area contributed by atoms with Crippen LogP contribution in [0.5, 0.6) is 0 Å². The first-order chi connectivity index (χ1) is 16.2. The fourth-order valence-electron chi connectivity index (χ4n) is 4.16. The molecule has 0 saturated carbocycles. The minimum atomic E-state index is -0.595. The third-order valence-electron chi connectivity index (χ3n) is 6.00. The fraction of sp³-hybridized carbons (Fsp3) is 0.286. The number of hydrogen-bond donors (Lipinski definition) is 3. The van der Waals surface area contributed by atoms with Gasteiger partial charge in [0.05, 0.1) is 28.8 Å². The summed E-state index contributed by atoms with van der Waals surface area (Å²) in [7, 11) is 0. The summed E-state index contributed by atoms with van der Waals surface area (Å²) < 4.78 is 0. The SMILES string of the molecule is N#CC1=C(C2CN2)NC2C(=N1)c1nc(C#N)c(C#N)nc1-c1nc(C#N)c(C3CNC3)nc12. The van der Waals surface area contributed by atoms with Crippen molar-refractivity contribution in [1.29, 1.82) is 21.0 Å². The van der Waals surface area contributed by atoms with Gasteiger partial charge in [0, 0.05) is 25.6 Å². The second-order valence-electron chi connectivity index (χ2n) is 7.91. The summed E-state index contributed by atoms with van der Waals surface area (Å²) in [6.07, 6.45) is 0. The molecular formula is C21H12N12. The molecule has 0 spiro atoms. The van der Waals surface area contributed by atoms with E-state index in [0.717, 1.165) is 6.54 Å². The number of rotatable bonds is 2. The Labute approximate surface area is 187 Å². The molecule has 33 heavy (non-hydrogen) atoms. The van der Waals surface area contributed by atoms with Crippen LogP contribution in [0.2, 0.25) is 0 Å². The monoisotopic (exact) mass is 432 g/mol. The molecular weight excluding hydrogens is 420 g/mol. The van der Waals surface area contributed by atoms with Crippen molar-refractivity contribution >= 4 is 5.71 Å². The Morgan fingerprint density at radius 2 is 1.39 bits per heavy atom. The van der Waals surface area contributed by atoms with Crippen LogP contribution in [-0.2, 0) is 0 Å². The van der Waals surface area contributed by atoms with E-state index >= 15 is 0 Å². The molecule has 0 aromatic carbocycles. The van der Waals surface area contributed by atoms with Gasteiger partial charge in [-0.3, -0.25) is 0 Å². The highest BCUT2D eigenvalue weighted by Gasteiger charge is 2.43. The van der Waals surface area contributed by atoms with Gasteiger partial charge in [0.15, 0.2) is 22.8 Å². The van der Waals surface area contributed by atoms with Crippen molar-refractivity contribution in [2.45, 2.75) is 18.0 Å². The van der Waals surface area contributed by atoms with Crippen LogP contribution in [-0.4, -0.2) is 51.3 Å². The van der Waals surface area contributed by atoms with Gasteiger partial charge in [-0.05, 0) is 0 Å². The molecule has 2 fully saturated rings. The smallest absolute Gasteiger partial charge is 0.177 e. The molecule has 5 heterocycles. The molecule has 2 aromatic rings. The van der Waals surface area contributed by atoms with Gasteiger partial charge in [0.1, 0.15) is 47.4 Å². The molecule has 2 atom stereocenters. The lowest BCUT2D eigenvalue weighted by atomic mass is 9.89. The van der Waals surface area contributed by atoms with Gasteiger partial charge in [-0.2, -0.15) is 21.0 Å². The molecule has 2 unspecified atom stereocenters. The predicted octanol–water partition coefficient (Wildman–Crippen LogP) is -0.611. The zero-order valence-electron chi connectivity index (χ0n) is 16.9. The Kier molecular flexibility index (Phi) is 3.95. The van der Waals surface area contributed by atoms with E-state index in [4.69, 9.17) is 4.98 Å². The Bertz CT molecular complexity index is 1480. The van der Waals surface area contributed by atoms with Crippen LogP contribution in [0.25, 0.3) is 11.4 Å². The van der Waals surface area contributed by atoms with Crippen molar-refractivity contribution in [1.82, 2.24) is 35.9 Å². The van der Waals surface area contributed by atoms with Gasteiger partial charge in [0.25, 0.3) is 0 Å². The lowest BCUT2D eigenvalue weighted by molar-refractivity contribution is 0.436. The summed E-state index contributed by atoms with van der Waals surface area (Å²) in [5.41, 5.74) is 2.97. The van der Waals surface area contributed by atoms with E-state index in [2.05, 4.69) is 48.0 Å². The molecule has 12 nitrogen and oxygen atoms in total. The Balaban J connectivity index is 1.66. The molecule has 4 aliphatic rings. The molecule has 12 heteroatoms. The molecule has 156 valence electrons. The number of aliphatic imine (C=N–C) groups is 1. The van der Waals surface area contributed by atoms with E-state index in [1.807, 2.05) is 12.1 Å². The number of aromatic nitrogens is 4. The maximum Gasteiger partial charge on any atom is 0.177 e. The van der Waals surface area contributed by atoms with Gasteiger partial charge < -0.3 is 16.0 Å². The fourth-order valence-corrected chi connectivity index (χ4v) is 4.16. The first-order valence-corrected chi connectivity index (χ1v) is 10.1. The quantitative estimate of drug-likeness (QED) is 0.510. The second-order valence-corrected chi connectivity index (χ2v) is 7.91. The average molecular weight is 432 g/mol. The van der Waals surface area contributed by atoms with Gasteiger partial charge >= 0.3 is 0 Å². The van der Waals surface area contributed by atoms with E-state index < -0.39 is 6.04 Å². The van der Waals surface area contributed by atoms with Crippen LogP contribution in [0.4, 0.5) is 0 Å². The van der Waals surface area contributed by atoms with Crippen LogP contribution in [0.1, 0.15) is 46.1 Å². The highest BCUT2D eigenvalue weighted by molar-refractivity contribution is 6.11. The van der Waals surface area contributed by atoms with E-state index in [9.17, 15) is 21.0 Å². The second kappa shape index (κ2) is 6.88. The van der Waals surface area contributed by atoms with Crippen molar-refractivity contribution in [3.05, 3.63) is 45.6 Å². The molecule has 0 bridgehead atoms. The Hall–Kier alpha value is -4.75. The number of hydrogen-bond acceptors (Lipinski definition) is 12. The van der Waals surface area contributed by atoms with E-state index in [1.54, 1.807) is 0 Å². The van der Waals surface area contributed by atoms with Crippen molar-refractivity contribution < 1.29 is 0 Å². The summed E-state index contributed by atoms with van der Waals surface area (Å²) in [5, 5.41) is 48.1. The van der Waals surface area contributed by atoms with E-state index in [1.165, 1.54) is 0 Å². The number of allylic oxidation sites excluding steroid dienone is 1. The molecule has 0 amide bonds. The molecule has 1 aliphatic carbocycles. The van der Waals surface area contributed by atoms with Crippen molar-refractivity contribution in [3.63, 3.8) is 0 Å². The number of fused-ring (bicyclic) bond motifs is 6. The van der Waals surface area contributed by atoms with Crippen LogP contribution in [0, 0.1) is 45.3 Å². The summed E-state index contributed by atoms with van der Waals surface area (Å²) in [5.74, 6) is 0.0549. The van der Waals surface area contributed by atoms with Gasteiger partial charge in [-0.25, -0.2) is 24.9 Å². The maximum atomic E-state index is 9.75. The summed E-state index contributed by atoms with van der Waals surface area (Å²) in [6.45, 7) is 2.10. The molecule has 3 N–H and O–H groups in total. The van der Waals surface area contributed by atoms with Crippen molar-refractivity contribution in [3.8, 4) is 35.7 Å². The van der Waals surface area contributed by atoms with Gasteiger partial charge in [-0.15, -0.1) is 0 Å². The largest absolute Gasteiger partial charge is 0.371 e. The Morgan fingerprint density at radius 1 is 0.727 bits per heavy atom. The lowest BCUT2D eigenvalue weighted by Crippen LogP contribution is -2.43. The van der Waals surface area contributed by atoms with Gasteiger partial charge in [0.2, 0.25) is 0 Å². The van der Waals surface area contributed by atoms with Crippen molar-refractivity contribution in [2.75, 3.05) is 19.6 Å². The van der Waals surface area contributed by atoms with E-state index in [-0.39, 0.29) is 46.1 Å². The summed E-state index contributed by atoms with van der Waals surface area (Å²) in [4.78, 5) is 22.7. The zero-order valence-corrected chi connectivity index (χ0v) is 16.9. The summed E-state index contributed by atoms with van der Waals surface area (Å²) >= 11 is 0. The lowest BCUT2D eigenvalue weighted by Gasteiger charge is -2.33. The highest BCUT2D eigenvalue weighted by Crippen LogP contribution is 2.40. The molecule has 6 rings (SSSR count). The van der Waals surface area contributed by atoms with Crippen LogP contribution in [0.15, 0.2) is 16.4 Å². The predicted molar refractivity (Wildman–Crippen MR) is 110 cm³/mol. The molecule has 0 radical (unpaired) electrons. The zero-order chi connectivity index (χ0) is 22.7. The topological polar surface area (TPSA) is 205 Å². The van der Waals surface area contributed by atoms with E-state index in [0.29, 0.717) is 41.6 Å². The molecule has 2 aromatic heterocycles. The van der Waals surface area contributed by atoms with Crippen LogP contribution < -0.4 is 16.0 Å². The minimum absolute atomic E-state index is 0.0156. The first-order valence-electron chi connectivity index (χ1n) is 10.1. The van der Waals surface area contributed by atoms with Crippen LogP contribution >= 0.6 is 0 Å². The molecule has 3 aliphatic heterocycles. The first kappa shape index (κ1) is 19.0. The third-order valence-corrected chi connectivity index (χ3v) is 6.00. The van der Waals surface area contributed by atoms with Crippen molar-refractivity contribution in [2.24, 2.45) is 4.99 Å². The highest BCUT2D eigenvalue weighted by atomic mass is 15.2. The number of nitriles is 4. The number of nitrogens with one attached hydrogen (secondary N) is 3. The minimum Gasteiger partial charge on any atom is -0.371 e. The third kappa shape index (κ3) is 2.70. The number of nitrogens with zero attached hydrogens (tertiary/aromatic N) is 9. The normalized spacial score (nSPS) is 22.0. The molecule has 2 saturated heterocycles. The standard InChI is InChI=1S/C21H12N12/c22-1-9-10(2-23)29-17-16(28-9)18-20(32-14(8-5-26-6-8)11(3-24)30-18)21-19(17)31-12(4-25)15(33-21)13-7-27-13/h8,13,21,26-27,33H,5-7H2. The maximum absolute atomic E-state index is 9.75. The Morgan fingerprint density at radius 3 is 1.97 bits per heavy atom. The summed E-state index contributed by atoms with van der Waals surface area (Å²) in [6, 6.07) is 7.40. The van der Waals surface area contributed by atoms with Crippen LogP contribution in [0.3, 0.4) is 0 Å². The van der Waals surface area contributed by atoms with Gasteiger partial charge in [-0.1, -0.05) is 0 Å².